The molecule has 1 aromatic carbocycles. The maximum absolute atomic E-state index is 11.5. The van der Waals surface area contributed by atoms with Crippen LogP contribution in [0, 0.1) is 0 Å². The van der Waals surface area contributed by atoms with Gasteiger partial charge >= 0.3 is 5.97 Å². The minimum atomic E-state index is -0.883. The zero-order chi connectivity index (χ0) is 13.8. The summed E-state index contributed by atoms with van der Waals surface area (Å²) in [6.07, 6.45) is 3.53. The largest absolute Gasteiger partial charge is 0.481 e. The van der Waals surface area contributed by atoms with E-state index in [0.29, 0.717) is 21.5 Å². The van der Waals surface area contributed by atoms with E-state index in [2.05, 4.69) is 20.9 Å². The third-order valence-electron chi connectivity index (χ3n) is 2.86. The number of carboxylic acid groups (broad SMARTS) is 1. The fraction of sp³-hybridized carbons (Fsp3) is 0.143. The summed E-state index contributed by atoms with van der Waals surface area (Å²) < 4.78 is 0.689. The summed E-state index contributed by atoms with van der Waals surface area (Å²) in [7, 11) is 0. The third kappa shape index (κ3) is 3.33. The molecule has 0 radical (unpaired) electrons. The molecule has 1 atom stereocenters. The average molecular weight is 341 g/mol. The Balaban J connectivity index is 2.35. The van der Waals surface area contributed by atoms with Crippen molar-refractivity contribution in [2.75, 3.05) is 0 Å². The lowest BCUT2D eigenvalue weighted by Gasteiger charge is -2.15. The predicted molar refractivity (Wildman–Crippen MR) is 77.5 cm³/mol. The number of halogens is 2. The molecule has 1 heterocycles. The van der Waals surface area contributed by atoms with Crippen LogP contribution in [0.2, 0.25) is 5.02 Å². The Morgan fingerprint density at radius 2 is 2.11 bits per heavy atom. The number of hydrogen-bond donors (Lipinski definition) is 1. The molecule has 0 spiro atoms. The molecule has 0 amide bonds. The summed E-state index contributed by atoms with van der Waals surface area (Å²) in [6.45, 7) is 0. The number of carboxylic acids is 1. The highest BCUT2D eigenvalue weighted by atomic mass is 79.9. The van der Waals surface area contributed by atoms with Gasteiger partial charge in [0.05, 0.1) is 5.92 Å². The first-order chi connectivity index (χ1) is 9.09. The number of benzene rings is 1. The molecule has 0 aliphatic carbocycles. The van der Waals surface area contributed by atoms with Crippen LogP contribution in [-0.4, -0.2) is 16.1 Å². The van der Waals surface area contributed by atoms with Crippen LogP contribution in [0.15, 0.2) is 47.2 Å². The van der Waals surface area contributed by atoms with Crippen molar-refractivity contribution >= 4 is 33.5 Å². The molecule has 0 bridgehead atoms. The molecule has 0 saturated carbocycles. The van der Waals surface area contributed by atoms with Crippen LogP contribution < -0.4 is 0 Å². The summed E-state index contributed by atoms with van der Waals surface area (Å²) >= 11 is 9.42. The highest BCUT2D eigenvalue weighted by Gasteiger charge is 2.23. The molecule has 19 heavy (non-hydrogen) atoms. The molecule has 1 N–H and O–H groups in total. The lowest BCUT2D eigenvalue weighted by Crippen LogP contribution is -2.15. The molecule has 0 aliphatic rings. The molecule has 0 aliphatic heterocycles. The fourth-order valence-electron chi connectivity index (χ4n) is 1.88. The number of aliphatic carboxylic acids is 1. The zero-order valence-corrected chi connectivity index (χ0v) is 12.2. The molecule has 3 nitrogen and oxygen atoms in total. The first kappa shape index (κ1) is 14.0. The summed E-state index contributed by atoms with van der Waals surface area (Å²) in [6, 6.07) is 8.98. The van der Waals surface area contributed by atoms with E-state index < -0.39 is 11.9 Å². The molecule has 5 heteroatoms. The second-order valence-electron chi connectivity index (χ2n) is 4.08. The zero-order valence-electron chi connectivity index (χ0n) is 9.88. The molecule has 0 fully saturated rings. The monoisotopic (exact) mass is 339 g/mol. The summed E-state index contributed by atoms with van der Waals surface area (Å²) in [5, 5.41) is 10.0. The molecular weight excluding hydrogens is 330 g/mol. The van der Waals surface area contributed by atoms with Crippen LogP contribution in [-0.2, 0) is 11.2 Å². The number of hydrogen-bond acceptors (Lipinski definition) is 2. The van der Waals surface area contributed by atoms with Crippen molar-refractivity contribution in [1.82, 2.24) is 4.98 Å². The van der Waals surface area contributed by atoms with E-state index in [9.17, 15) is 9.90 Å². The predicted octanol–water partition coefficient (Wildman–Crippen LogP) is 3.91. The summed E-state index contributed by atoms with van der Waals surface area (Å²) in [5.74, 6) is -1.54. The van der Waals surface area contributed by atoms with Gasteiger partial charge in [0.25, 0.3) is 0 Å². The van der Waals surface area contributed by atoms with E-state index in [4.69, 9.17) is 11.6 Å². The van der Waals surface area contributed by atoms with E-state index in [-0.39, 0.29) is 0 Å². The number of pyridine rings is 1. The van der Waals surface area contributed by atoms with Gasteiger partial charge in [0.15, 0.2) is 0 Å². The molecule has 1 unspecified atom stereocenters. The van der Waals surface area contributed by atoms with Crippen LogP contribution in [0.1, 0.15) is 17.0 Å². The quantitative estimate of drug-likeness (QED) is 0.918. The summed E-state index contributed by atoms with van der Waals surface area (Å²) in [5.41, 5.74) is 1.52. The molecule has 2 aromatic rings. The fourth-order valence-corrected chi connectivity index (χ4v) is 2.62. The Hall–Kier alpha value is -1.39. The molecule has 2 rings (SSSR count). The Morgan fingerprint density at radius 3 is 2.74 bits per heavy atom. The van der Waals surface area contributed by atoms with E-state index in [1.165, 1.54) is 0 Å². The first-order valence-electron chi connectivity index (χ1n) is 5.65. The van der Waals surface area contributed by atoms with Gasteiger partial charge in [-0.05, 0) is 45.6 Å². The minimum Gasteiger partial charge on any atom is -0.481 e. The Labute approximate surface area is 124 Å². The SMILES string of the molecule is O=C(O)C(Cc1ccccc1Cl)c1ccncc1Br. The lowest BCUT2D eigenvalue weighted by molar-refractivity contribution is -0.138. The van der Waals surface area contributed by atoms with Crippen molar-refractivity contribution in [3.05, 3.63) is 63.3 Å². The van der Waals surface area contributed by atoms with Crippen LogP contribution in [0.25, 0.3) is 0 Å². The Morgan fingerprint density at radius 1 is 1.37 bits per heavy atom. The van der Waals surface area contributed by atoms with Gasteiger partial charge in [0.1, 0.15) is 0 Å². The minimum absolute atomic E-state index is 0.345. The van der Waals surface area contributed by atoms with Gasteiger partial charge in [-0.25, -0.2) is 0 Å². The third-order valence-corrected chi connectivity index (χ3v) is 3.89. The molecule has 98 valence electrons. The standard InChI is InChI=1S/C14H11BrClNO2/c15-12-8-17-6-5-10(12)11(14(18)19)7-9-3-1-2-4-13(9)16/h1-6,8,11H,7H2,(H,18,19). The van der Waals surface area contributed by atoms with Crippen molar-refractivity contribution in [3.8, 4) is 0 Å². The topological polar surface area (TPSA) is 50.2 Å². The van der Waals surface area contributed by atoms with E-state index in [1.54, 1.807) is 24.5 Å². The second kappa shape index (κ2) is 6.17. The van der Waals surface area contributed by atoms with Gasteiger partial charge < -0.3 is 5.11 Å². The van der Waals surface area contributed by atoms with E-state index in [0.717, 1.165) is 5.56 Å². The number of rotatable bonds is 4. The highest BCUT2D eigenvalue weighted by molar-refractivity contribution is 9.10. The van der Waals surface area contributed by atoms with Crippen molar-refractivity contribution in [2.45, 2.75) is 12.3 Å². The van der Waals surface area contributed by atoms with E-state index in [1.807, 2.05) is 18.2 Å². The van der Waals surface area contributed by atoms with Gasteiger partial charge in [-0.1, -0.05) is 29.8 Å². The van der Waals surface area contributed by atoms with E-state index >= 15 is 0 Å². The Bertz CT molecular complexity index is 604. The summed E-state index contributed by atoms with van der Waals surface area (Å²) in [4.78, 5) is 15.4. The van der Waals surface area contributed by atoms with Crippen LogP contribution in [0.4, 0.5) is 0 Å². The normalized spacial score (nSPS) is 12.1. The Kier molecular flexibility index (Phi) is 4.56. The number of nitrogens with zero attached hydrogens (tertiary/aromatic N) is 1. The van der Waals surface area contributed by atoms with Gasteiger partial charge in [-0.15, -0.1) is 0 Å². The molecular formula is C14H11BrClNO2. The number of carbonyl (C=O) groups is 1. The lowest BCUT2D eigenvalue weighted by atomic mass is 9.93. The average Bonchev–Trinajstić information content (AvgIpc) is 2.38. The van der Waals surface area contributed by atoms with Crippen molar-refractivity contribution in [3.63, 3.8) is 0 Å². The smallest absolute Gasteiger partial charge is 0.311 e. The molecule has 1 aromatic heterocycles. The van der Waals surface area contributed by atoms with Crippen molar-refractivity contribution < 1.29 is 9.90 Å². The second-order valence-corrected chi connectivity index (χ2v) is 5.35. The maximum atomic E-state index is 11.5. The number of aromatic nitrogens is 1. The maximum Gasteiger partial charge on any atom is 0.311 e. The molecule has 0 saturated heterocycles. The van der Waals surface area contributed by atoms with Crippen molar-refractivity contribution in [2.24, 2.45) is 0 Å². The van der Waals surface area contributed by atoms with Gasteiger partial charge in [0.2, 0.25) is 0 Å². The van der Waals surface area contributed by atoms with Crippen LogP contribution >= 0.6 is 27.5 Å². The van der Waals surface area contributed by atoms with Gasteiger partial charge in [-0.3, -0.25) is 9.78 Å². The van der Waals surface area contributed by atoms with Crippen LogP contribution in [0.3, 0.4) is 0 Å². The van der Waals surface area contributed by atoms with Crippen LogP contribution in [0.5, 0.6) is 0 Å². The first-order valence-corrected chi connectivity index (χ1v) is 6.82. The van der Waals surface area contributed by atoms with Gasteiger partial charge in [0, 0.05) is 21.9 Å². The highest BCUT2D eigenvalue weighted by Crippen LogP contribution is 2.29. The van der Waals surface area contributed by atoms with Gasteiger partial charge in [-0.2, -0.15) is 0 Å². The van der Waals surface area contributed by atoms with Crippen molar-refractivity contribution in [1.29, 1.82) is 0 Å².